The number of carbonyl (C=O) groups excluding carboxylic acids is 1. The number of hydrogen-bond acceptors (Lipinski definition) is 4. The molecule has 0 aliphatic heterocycles. The molecule has 0 radical (unpaired) electrons. The lowest BCUT2D eigenvalue weighted by molar-refractivity contribution is -0.118. The van der Waals surface area contributed by atoms with Gasteiger partial charge in [0.1, 0.15) is 11.6 Å². The second-order valence-electron chi connectivity index (χ2n) is 5.08. The van der Waals surface area contributed by atoms with E-state index in [9.17, 15) is 17.6 Å². The summed E-state index contributed by atoms with van der Waals surface area (Å²) >= 11 is 0. The summed E-state index contributed by atoms with van der Waals surface area (Å²) < 4.78 is 43.6. The smallest absolute Gasteiger partial charge is 0.262 e. The predicted octanol–water partition coefficient (Wildman–Crippen LogP) is 2.09. The molecule has 6 nitrogen and oxygen atoms in total. The Hall–Kier alpha value is -2.45. The van der Waals surface area contributed by atoms with Crippen molar-refractivity contribution < 1.29 is 22.3 Å². The van der Waals surface area contributed by atoms with Crippen molar-refractivity contribution in [2.24, 2.45) is 0 Å². The van der Waals surface area contributed by atoms with Crippen molar-refractivity contribution in [3.63, 3.8) is 0 Å². The average molecular weight is 352 g/mol. The normalized spacial score (nSPS) is 11.3. The first-order valence-corrected chi connectivity index (χ1v) is 8.44. The number of benzene rings is 2. The zero-order valence-electron chi connectivity index (χ0n) is 13.2. The summed E-state index contributed by atoms with van der Waals surface area (Å²) in [6, 6.07) is 11.5. The van der Waals surface area contributed by atoms with Crippen molar-refractivity contribution in [3.05, 3.63) is 54.3 Å². The molecule has 0 heterocycles. The van der Waals surface area contributed by atoms with Crippen molar-refractivity contribution in [2.45, 2.75) is 4.90 Å². The van der Waals surface area contributed by atoms with Crippen LogP contribution in [-0.2, 0) is 14.8 Å². The van der Waals surface area contributed by atoms with Crippen LogP contribution in [0.3, 0.4) is 0 Å². The summed E-state index contributed by atoms with van der Waals surface area (Å²) in [6.07, 6.45) is 0. The Balaban J connectivity index is 1.95. The highest BCUT2D eigenvalue weighted by atomic mass is 32.2. The molecule has 0 fully saturated rings. The number of anilines is 1. The zero-order chi connectivity index (χ0) is 17.7. The minimum absolute atomic E-state index is 0.0681. The highest BCUT2D eigenvalue weighted by molar-refractivity contribution is 7.89. The molecule has 1 amide bonds. The van der Waals surface area contributed by atoms with Crippen LogP contribution in [0.5, 0.6) is 5.75 Å². The van der Waals surface area contributed by atoms with E-state index >= 15 is 0 Å². The zero-order valence-corrected chi connectivity index (χ0v) is 14.0. The van der Waals surface area contributed by atoms with Gasteiger partial charge in [-0.2, -0.15) is 0 Å². The second kappa shape index (κ2) is 7.41. The third kappa shape index (κ3) is 4.30. The minimum Gasteiger partial charge on any atom is -0.484 e. The number of carbonyl (C=O) groups is 1. The standard InChI is InChI=1S/C16H17FN2O4S/c1-19(2)24(21,22)13-9-7-12(8-10-13)23-11-16(20)18-15-6-4-3-5-14(15)17/h3-10H,11H2,1-2H3,(H,18,20). The van der Waals surface area contributed by atoms with Crippen LogP contribution in [0.4, 0.5) is 10.1 Å². The van der Waals surface area contributed by atoms with Crippen LogP contribution in [0, 0.1) is 5.82 Å². The first-order valence-electron chi connectivity index (χ1n) is 7.00. The van der Waals surface area contributed by atoms with E-state index in [4.69, 9.17) is 4.74 Å². The summed E-state index contributed by atoms with van der Waals surface area (Å²) in [5, 5.41) is 2.39. The van der Waals surface area contributed by atoms with Crippen molar-refractivity contribution in [1.29, 1.82) is 0 Å². The quantitative estimate of drug-likeness (QED) is 0.864. The largest absolute Gasteiger partial charge is 0.484 e. The first-order chi connectivity index (χ1) is 11.3. The Bertz CT molecular complexity index is 820. The number of amides is 1. The number of hydrogen-bond donors (Lipinski definition) is 1. The van der Waals surface area contributed by atoms with E-state index < -0.39 is 21.7 Å². The summed E-state index contributed by atoms with van der Waals surface area (Å²) in [5.74, 6) is -0.731. The molecule has 0 saturated carbocycles. The molecule has 0 bridgehead atoms. The van der Waals surface area contributed by atoms with Gasteiger partial charge < -0.3 is 10.1 Å². The van der Waals surface area contributed by atoms with Crippen LogP contribution in [0.15, 0.2) is 53.4 Å². The van der Waals surface area contributed by atoms with Crippen LogP contribution in [-0.4, -0.2) is 39.3 Å². The molecule has 2 aromatic carbocycles. The van der Waals surface area contributed by atoms with Gasteiger partial charge in [-0.15, -0.1) is 0 Å². The molecule has 8 heteroatoms. The maximum Gasteiger partial charge on any atom is 0.262 e. The summed E-state index contributed by atoms with van der Waals surface area (Å²) in [7, 11) is -0.639. The van der Waals surface area contributed by atoms with Crippen LogP contribution in [0.1, 0.15) is 0 Å². The lowest BCUT2D eigenvalue weighted by Crippen LogP contribution is -2.22. The van der Waals surface area contributed by atoms with Gasteiger partial charge in [-0.25, -0.2) is 17.1 Å². The van der Waals surface area contributed by atoms with E-state index in [1.807, 2.05) is 0 Å². The highest BCUT2D eigenvalue weighted by Crippen LogP contribution is 2.18. The van der Waals surface area contributed by atoms with Crippen molar-refractivity contribution in [3.8, 4) is 5.75 Å². The molecule has 0 unspecified atom stereocenters. The fraction of sp³-hybridized carbons (Fsp3) is 0.188. The Kier molecular flexibility index (Phi) is 5.53. The molecule has 0 atom stereocenters. The number of ether oxygens (including phenoxy) is 1. The fourth-order valence-corrected chi connectivity index (χ4v) is 2.72. The molecule has 0 aliphatic rings. The number of nitrogens with zero attached hydrogens (tertiary/aromatic N) is 1. The van der Waals surface area contributed by atoms with Crippen molar-refractivity contribution in [1.82, 2.24) is 4.31 Å². The van der Waals surface area contributed by atoms with E-state index in [0.717, 1.165) is 4.31 Å². The van der Waals surface area contributed by atoms with Crippen LogP contribution >= 0.6 is 0 Å². The minimum atomic E-state index is -3.51. The number of para-hydroxylation sites is 1. The van der Waals surface area contributed by atoms with Gasteiger partial charge in [-0.3, -0.25) is 4.79 Å². The molecule has 1 N–H and O–H groups in total. The number of halogens is 1. The fourth-order valence-electron chi connectivity index (χ4n) is 1.82. The van der Waals surface area contributed by atoms with Crippen LogP contribution < -0.4 is 10.1 Å². The molecule has 0 saturated heterocycles. The van der Waals surface area contributed by atoms with Crippen molar-refractivity contribution >= 4 is 21.6 Å². The van der Waals surface area contributed by atoms with Gasteiger partial charge in [0.15, 0.2) is 6.61 Å². The lowest BCUT2D eigenvalue weighted by atomic mass is 10.3. The molecular formula is C16H17FN2O4S. The highest BCUT2D eigenvalue weighted by Gasteiger charge is 2.16. The molecule has 0 aliphatic carbocycles. The monoisotopic (exact) mass is 352 g/mol. The predicted molar refractivity (Wildman–Crippen MR) is 87.8 cm³/mol. The van der Waals surface area contributed by atoms with Gasteiger partial charge in [0.25, 0.3) is 5.91 Å². The van der Waals surface area contributed by atoms with Gasteiger partial charge >= 0.3 is 0 Å². The average Bonchev–Trinajstić information content (AvgIpc) is 2.55. The van der Waals surface area contributed by atoms with Gasteiger partial charge in [0.05, 0.1) is 10.6 Å². The summed E-state index contributed by atoms with van der Waals surface area (Å²) in [5.41, 5.74) is 0.0681. The SMILES string of the molecule is CN(C)S(=O)(=O)c1ccc(OCC(=O)Nc2ccccc2F)cc1. The molecule has 2 aromatic rings. The van der Waals surface area contributed by atoms with Gasteiger partial charge in [0.2, 0.25) is 10.0 Å². The number of nitrogens with one attached hydrogen (secondary N) is 1. The number of rotatable bonds is 6. The van der Waals surface area contributed by atoms with Crippen molar-refractivity contribution in [2.75, 3.05) is 26.0 Å². The third-order valence-electron chi connectivity index (χ3n) is 3.12. The molecule has 2 rings (SSSR count). The van der Waals surface area contributed by atoms with Gasteiger partial charge in [-0.1, -0.05) is 12.1 Å². The van der Waals surface area contributed by atoms with E-state index in [1.165, 1.54) is 56.6 Å². The Morgan fingerprint density at radius 1 is 1.12 bits per heavy atom. The summed E-state index contributed by atoms with van der Waals surface area (Å²) in [6.45, 7) is -0.325. The summed E-state index contributed by atoms with van der Waals surface area (Å²) in [4.78, 5) is 11.9. The number of sulfonamides is 1. The molecule has 128 valence electrons. The van der Waals surface area contributed by atoms with E-state index in [2.05, 4.69) is 5.32 Å². The molecule has 24 heavy (non-hydrogen) atoms. The van der Waals surface area contributed by atoms with Gasteiger partial charge in [-0.05, 0) is 36.4 Å². The first kappa shape index (κ1) is 17.9. The topological polar surface area (TPSA) is 75.7 Å². The maximum absolute atomic E-state index is 13.4. The van der Waals surface area contributed by atoms with E-state index in [1.54, 1.807) is 6.07 Å². The van der Waals surface area contributed by atoms with E-state index in [-0.39, 0.29) is 17.2 Å². The molecule has 0 aromatic heterocycles. The second-order valence-corrected chi connectivity index (χ2v) is 7.23. The molecule has 0 spiro atoms. The van der Waals surface area contributed by atoms with Crippen LogP contribution in [0.2, 0.25) is 0 Å². The Labute approximate surface area is 139 Å². The third-order valence-corrected chi connectivity index (χ3v) is 4.95. The Morgan fingerprint density at radius 2 is 1.75 bits per heavy atom. The van der Waals surface area contributed by atoms with Crippen LogP contribution in [0.25, 0.3) is 0 Å². The van der Waals surface area contributed by atoms with Gasteiger partial charge in [0, 0.05) is 14.1 Å². The lowest BCUT2D eigenvalue weighted by Gasteiger charge is -2.12. The Morgan fingerprint density at radius 3 is 2.33 bits per heavy atom. The van der Waals surface area contributed by atoms with E-state index in [0.29, 0.717) is 5.75 Å². The maximum atomic E-state index is 13.4. The molecular weight excluding hydrogens is 335 g/mol.